The van der Waals surface area contributed by atoms with Crippen LogP contribution in [-0.4, -0.2) is 14.9 Å². The van der Waals surface area contributed by atoms with E-state index in [1.54, 1.807) is 0 Å². The van der Waals surface area contributed by atoms with Gasteiger partial charge in [0, 0.05) is 29.7 Å². The number of nitro groups is 1. The van der Waals surface area contributed by atoms with E-state index in [0.717, 1.165) is 19.3 Å². The molecule has 1 aromatic heterocycles. The number of unbranched alkanes of at least 4 members (excludes halogenated alkanes) is 1. The molecule has 0 aliphatic rings. The zero-order valence-electron chi connectivity index (χ0n) is 16.6. The Balaban J connectivity index is 1.83. The van der Waals surface area contributed by atoms with Gasteiger partial charge in [-0.05, 0) is 42.7 Å². The maximum atomic E-state index is 13.4. The predicted molar refractivity (Wildman–Crippen MR) is 112 cm³/mol. The summed E-state index contributed by atoms with van der Waals surface area (Å²) < 4.78 is 40.2. The van der Waals surface area contributed by atoms with Crippen molar-refractivity contribution in [3.63, 3.8) is 0 Å². The Morgan fingerprint density at radius 2 is 1.61 bits per heavy atom. The van der Waals surface area contributed by atoms with Crippen molar-refractivity contribution < 1.29 is 18.1 Å². The first-order valence-electron chi connectivity index (χ1n) is 9.58. The molecule has 7 nitrogen and oxygen atoms in total. The minimum absolute atomic E-state index is 0.0151. The Kier molecular flexibility index (Phi) is 6.68. The number of anilines is 4. The fraction of sp³-hybridized carbons (Fsp3) is 0.238. The van der Waals surface area contributed by atoms with E-state index < -0.39 is 22.5 Å². The number of nitro benzene ring substituents is 1. The van der Waals surface area contributed by atoms with Crippen molar-refractivity contribution in [1.29, 1.82) is 0 Å². The zero-order chi connectivity index (χ0) is 22.4. The van der Waals surface area contributed by atoms with Crippen LogP contribution in [-0.2, 0) is 12.6 Å². The van der Waals surface area contributed by atoms with Crippen LogP contribution in [0.3, 0.4) is 0 Å². The summed E-state index contributed by atoms with van der Waals surface area (Å²) in [7, 11) is 0. The van der Waals surface area contributed by atoms with E-state index >= 15 is 0 Å². The molecule has 0 fully saturated rings. The van der Waals surface area contributed by atoms with Crippen molar-refractivity contribution >= 4 is 28.8 Å². The van der Waals surface area contributed by atoms with Gasteiger partial charge in [-0.3, -0.25) is 10.1 Å². The van der Waals surface area contributed by atoms with Gasteiger partial charge >= 0.3 is 6.18 Å². The summed E-state index contributed by atoms with van der Waals surface area (Å²) in [5.41, 5.74) is 0.809. The summed E-state index contributed by atoms with van der Waals surface area (Å²) in [6.07, 6.45) is -0.867. The fourth-order valence-corrected chi connectivity index (χ4v) is 2.81. The van der Waals surface area contributed by atoms with E-state index in [2.05, 4.69) is 27.5 Å². The normalized spacial score (nSPS) is 11.2. The number of benzene rings is 2. The lowest BCUT2D eigenvalue weighted by Crippen LogP contribution is -2.12. The molecule has 2 aromatic carbocycles. The van der Waals surface area contributed by atoms with E-state index in [0.29, 0.717) is 11.9 Å². The molecule has 0 aliphatic heterocycles. The second-order valence-corrected chi connectivity index (χ2v) is 6.81. The summed E-state index contributed by atoms with van der Waals surface area (Å²) >= 11 is 0. The number of non-ortho nitro benzene ring substituents is 1. The van der Waals surface area contributed by atoms with Crippen LogP contribution in [0.2, 0.25) is 0 Å². The Morgan fingerprint density at radius 1 is 1.00 bits per heavy atom. The van der Waals surface area contributed by atoms with E-state index in [9.17, 15) is 23.3 Å². The van der Waals surface area contributed by atoms with Gasteiger partial charge in [-0.1, -0.05) is 25.5 Å². The molecule has 31 heavy (non-hydrogen) atoms. The van der Waals surface area contributed by atoms with Gasteiger partial charge < -0.3 is 10.6 Å². The van der Waals surface area contributed by atoms with Crippen LogP contribution in [0.4, 0.5) is 42.0 Å². The number of aromatic nitrogens is 2. The van der Waals surface area contributed by atoms with E-state index in [4.69, 9.17) is 0 Å². The van der Waals surface area contributed by atoms with Crippen LogP contribution in [0.5, 0.6) is 0 Å². The maximum absolute atomic E-state index is 13.4. The first-order valence-corrected chi connectivity index (χ1v) is 9.58. The number of aryl methyl sites for hydroxylation is 1. The van der Waals surface area contributed by atoms with Gasteiger partial charge in [0.15, 0.2) is 0 Å². The number of hydrogen-bond donors (Lipinski definition) is 2. The van der Waals surface area contributed by atoms with Crippen molar-refractivity contribution in [2.75, 3.05) is 10.6 Å². The van der Waals surface area contributed by atoms with Crippen molar-refractivity contribution in [2.45, 2.75) is 32.4 Å². The third kappa shape index (κ3) is 5.91. The third-order valence-corrected chi connectivity index (χ3v) is 4.46. The van der Waals surface area contributed by atoms with Crippen LogP contribution in [0, 0.1) is 10.1 Å². The van der Waals surface area contributed by atoms with Gasteiger partial charge in [-0.25, -0.2) is 4.98 Å². The molecule has 0 amide bonds. The van der Waals surface area contributed by atoms with Gasteiger partial charge in [0.05, 0.1) is 4.92 Å². The first-order chi connectivity index (χ1) is 14.8. The van der Waals surface area contributed by atoms with Gasteiger partial charge in [-0.2, -0.15) is 18.2 Å². The number of nitrogens with one attached hydrogen (secondary N) is 2. The van der Waals surface area contributed by atoms with Crippen LogP contribution in [0.25, 0.3) is 0 Å². The van der Waals surface area contributed by atoms with Gasteiger partial charge in [0.25, 0.3) is 5.69 Å². The average molecular weight is 431 g/mol. The van der Waals surface area contributed by atoms with Crippen LogP contribution in [0.15, 0.2) is 54.7 Å². The lowest BCUT2D eigenvalue weighted by Gasteiger charge is -2.15. The van der Waals surface area contributed by atoms with E-state index in [1.165, 1.54) is 29.8 Å². The second-order valence-electron chi connectivity index (χ2n) is 6.81. The lowest BCUT2D eigenvalue weighted by atomic mass is 10.1. The Hall–Kier alpha value is -3.69. The molecule has 10 heteroatoms. The second kappa shape index (κ2) is 9.41. The van der Waals surface area contributed by atoms with Crippen molar-refractivity contribution in [1.82, 2.24) is 9.97 Å². The number of hydrogen-bond acceptors (Lipinski definition) is 6. The summed E-state index contributed by atoms with van der Waals surface area (Å²) in [5.74, 6) is -0.475. The molecule has 0 bridgehead atoms. The standard InChI is InChI=1S/C21H20F3N5O2/c1-2-3-4-14-5-7-16(8-6-14)27-20-25-13-18(21(22,23)24)19(28-20)26-15-9-11-17(12-10-15)29(30)31/h5-13H,2-4H2,1H3,(H2,25,26,27,28). The van der Waals surface area contributed by atoms with E-state index in [1.807, 2.05) is 24.3 Å². The number of rotatable bonds is 8. The molecule has 0 saturated heterocycles. The number of alkyl halides is 3. The minimum Gasteiger partial charge on any atom is -0.340 e. The smallest absolute Gasteiger partial charge is 0.340 e. The minimum atomic E-state index is -4.68. The van der Waals surface area contributed by atoms with Crippen molar-refractivity contribution in [2.24, 2.45) is 0 Å². The Bertz CT molecular complexity index is 1040. The summed E-state index contributed by atoms with van der Waals surface area (Å²) in [5, 5.41) is 16.2. The third-order valence-electron chi connectivity index (χ3n) is 4.46. The molecule has 3 rings (SSSR count). The Morgan fingerprint density at radius 3 is 2.19 bits per heavy atom. The molecular weight excluding hydrogens is 411 g/mol. The van der Waals surface area contributed by atoms with E-state index in [-0.39, 0.29) is 17.3 Å². The number of halogens is 3. The molecule has 0 spiro atoms. The highest BCUT2D eigenvalue weighted by Crippen LogP contribution is 2.35. The molecule has 0 radical (unpaired) electrons. The van der Waals surface area contributed by atoms with Gasteiger partial charge in [0.2, 0.25) is 5.95 Å². The summed E-state index contributed by atoms with van der Waals surface area (Å²) in [6.45, 7) is 2.11. The van der Waals surface area contributed by atoms with Gasteiger partial charge in [-0.15, -0.1) is 0 Å². The molecule has 0 aliphatic carbocycles. The van der Waals surface area contributed by atoms with Crippen LogP contribution >= 0.6 is 0 Å². The largest absolute Gasteiger partial charge is 0.421 e. The zero-order valence-corrected chi connectivity index (χ0v) is 16.6. The molecule has 0 unspecified atom stereocenters. The molecule has 2 N–H and O–H groups in total. The quantitative estimate of drug-likeness (QED) is 0.324. The maximum Gasteiger partial charge on any atom is 0.421 e. The highest BCUT2D eigenvalue weighted by atomic mass is 19.4. The van der Waals surface area contributed by atoms with Crippen molar-refractivity contribution in [3.05, 3.63) is 76.0 Å². The summed E-state index contributed by atoms with van der Waals surface area (Å²) in [6, 6.07) is 12.5. The SMILES string of the molecule is CCCCc1ccc(Nc2ncc(C(F)(F)F)c(Nc3ccc([N+](=O)[O-])cc3)n2)cc1. The molecule has 162 valence electrons. The highest BCUT2D eigenvalue weighted by molar-refractivity contribution is 5.63. The molecule has 3 aromatic rings. The monoisotopic (exact) mass is 431 g/mol. The first kappa shape index (κ1) is 22.0. The molecule has 1 heterocycles. The fourth-order valence-electron chi connectivity index (χ4n) is 2.81. The molecule has 0 atom stereocenters. The van der Waals surface area contributed by atoms with Crippen molar-refractivity contribution in [3.8, 4) is 0 Å². The van der Waals surface area contributed by atoms with Crippen LogP contribution in [0.1, 0.15) is 30.9 Å². The topological polar surface area (TPSA) is 93.0 Å². The highest BCUT2D eigenvalue weighted by Gasteiger charge is 2.35. The average Bonchev–Trinajstić information content (AvgIpc) is 2.73. The molecule has 0 saturated carbocycles. The summed E-state index contributed by atoms with van der Waals surface area (Å²) in [4.78, 5) is 17.9. The Labute approximate surface area is 176 Å². The van der Waals surface area contributed by atoms with Crippen LogP contribution < -0.4 is 10.6 Å². The predicted octanol–water partition coefficient (Wildman–Crippen LogP) is 6.23. The molecular formula is C21H20F3N5O2. The number of nitrogens with zero attached hydrogens (tertiary/aromatic N) is 3. The van der Waals surface area contributed by atoms with Gasteiger partial charge in [0.1, 0.15) is 11.4 Å². The lowest BCUT2D eigenvalue weighted by molar-refractivity contribution is -0.384.